The molecule has 0 bridgehead atoms. The first-order valence-electron chi connectivity index (χ1n) is 7.80. The summed E-state index contributed by atoms with van der Waals surface area (Å²) in [5.74, 6) is 0.617. The maximum absolute atomic E-state index is 3.61. The number of nitrogens with one attached hydrogen (secondary N) is 1. The number of piperidine rings is 1. The van der Waals surface area contributed by atoms with E-state index >= 15 is 0 Å². The predicted molar refractivity (Wildman–Crippen MR) is 90.7 cm³/mol. The van der Waals surface area contributed by atoms with Crippen molar-refractivity contribution in [2.24, 2.45) is 5.41 Å². The molecule has 0 amide bonds. The quantitative estimate of drug-likeness (QED) is 0.814. The fourth-order valence-corrected chi connectivity index (χ4v) is 4.55. The van der Waals surface area contributed by atoms with E-state index in [4.69, 9.17) is 0 Å². The maximum atomic E-state index is 3.61. The van der Waals surface area contributed by atoms with Crippen LogP contribution in [-0.4, -0.2) is 13.1 Å². The first-order chi connectivity index (χ1) is 10.3. The third kappa shape index (κ3) is 2.35. The topological polar surface area (TPSA) is 12.0 Å². The van der Waals surface area contributed by atoms with Crippen molar-refractivity contribution in [1.82, 2.24) is 5.32 Å². The minimum absolute atomic E-state index is 0.419. The van der Waals surface area contributed by atoms with Gasteiger partial charge in [-0.05, 0) is 60.0 Å². The molecular weight excluding hydrogens is 322 g/mol. The van der Waals surface area contributed by atoms with Crippen LogP contribution in [0.1, 0.15) is 29.0 Å². The lowest BCUT2D eigenvalue weighted by Gasteiger charge is -2.42. The van der Waals surface area contributed by atoms with E-state index in [1.54, 1.807) is 11.1 Å². The Balaban J connectivity index is 1.71. The van der Waals surface area contributed by atoms with E-state index in [0.29, 0.717) is 11.3 Å². The highest BCUT2D eigenvalue weighted by molar-refractivity contribution is 9.10. The molecule has 1 unspecified atom stereocenters. The highest BCUT2D eigenvalue weighted by Crippen LogP contribution is 2.50. The molecule has 1 aliphatic carbocycles. The summed E-state index contributed by atoms with van der Waals surface area (Å²) >= 11 is 3.55. The molecule has 4 rings (SSSR count). The average Bonchev–Trinajstić information content (AvgIpc) is 2.87. The van der Waals surface area contributed by atoms with Crippen molar-refractivity contribution in [3.63, 3.8) is 0 Å². The average molecular weight is 342 g/mol. The third-order valence-electron chi connectivity index (χ3n) is 5.36. The van der Waals surface area contributed by atoms with Crippen LogP contribution in [0.15, 0.2) is 53.0 Å². The molecule has 0 saturated carbocycles. The van der Waals surface area contributed by atoms with Gasteiger partial charge in [-0.2, -0.15) is 0 Å². The molecule has 0 radical (unpaired) electrons. The maximum Gasteiger partial charge on any atom is 0.0175 e. The molecule has 2 heteroatoms. The molecule has 108 valence electrons. The molecule has 1 atom stereocenters. The molecule has 1 aliphatic heterocycles. The minimum atomic E-state index is 0.419. The van der Waals surface area contributed by atoms with Gasteiger partial charge < -0.3 is 5.32 Å². The van der Waals surface area contributed by atoms with Gasteiger partial charge in [0.25, 0.3) is 0 Å². The van der Waals surface area contributed by atoms with Crippen molar-refractivity contribution in [2.45, 2.75) is 25.2 Å². The number of rotatable bonds is 1. The van der Waals surface area contributed by atoms with Crippen LogP contribution in [-0.2, 0) is 12.8 Å². The van der Waals surface area contributed by atoms with Crippen LogP contribution in [0.5, 0.6) is 0 Å². The lowest BCUT2D eigenvalue weighted by Crippen LogP contribution is -2.44. The summed E-state index contributed by atoms with van der Waals surface area (Å²) < 4.78 is 1.17. The molecule has 0 aromatic heterocycles. The fourth-order valence-electron chi connectivity index (χ4n) is 4.29. The second-order valence-electron chi connectivity index (χ2n) is 6.54. The van der Waals surface area contributed by atoms with E-state index in [0.717, 1.165) is 13.1 Å². The summed E-state index contributed by atoms with van der Waals surface area (Å²) in [5.41, 5.74) is 5.05. The summed E-state index contributed by atoms with van der Waals surface area (Å²) in [7, 11) is 0. The lowest BCUT2D eigenvalue weighted by molar-refractivity contribution is 0.175. The van der Waals surface area contributed by atoms with Gasteiger partial charge in [-0.15, -0.1) is 0 Å². The smallest absolute Gasteiger partial charge is 0.0175 e. The van der Waals surface area contributed by atoms with Gasteiger partial charge in [0.15, 0.2) is 0 Å². The SMILES string of the molecule is Brc1ccc(C2CNCCC23Cc2ccccc2C3)cc1. The molecule has 2 aliphatic rings. The fraction of sp³-hybridized carbons (Fsp3) is 0.368. The van der Waals surface area contributed by atoms with Gasteiger partial charge >= 0.3 is 0 Å². The van der Waals surface area contributed by atoms with Crippen LogP contribution in [0.2, 0.25) is 0 Å². The Hall–Kier alpha value is -1.12. The van der Waals surface area contributed by atoms with Crippen molar-refractivity contribution in [2.75, 3.05) is 13.1 Å². The summed E-state index contributed by atoms with van der Waals surface area (Å²) in [4.78, 5) is 0. The number of benzene rings is 2. The molecule has 1 N–H and O–H groups in total. The van der Waals surface area contributed by atoms with Crippen molar-refractivity contribution in [1.29, 1.82) is 0 Å². The van der Waals surface area contributed by atoms with E-state index in [1.165, 1.54) is 29.3 Å². The zero-order valence-electron chi connectivity index (χ0n) is 12.1. The number of hydrogen-bond donors (Lipinski definition) is 1. The number of hydrogen-bond acceptors (Lipinski definition) is 1. The predicted octanol–water partition coefficient (Wildman–Crippen LogP) is 4.31. The van der Waals surface area contributed by atoms with Gasteiger partial charge in [0.2, 0.25) is 0 Å². The van der Waals surface area contributed by atoms with Gasteiger partial charge in [-0.1, -0.05) is 52.3 Å². The van der Waals surface area contributed by atoms with Gasteiger partial charge in [0.05, 0.1) is 0 Å². The van der Waals surface area contributed by atoms with Crippen LogP contribution in [0.25, 0.3) is 0 Å². The van der Waals surface area contributed by atoms with E-state index < -0.39 is 0 Å². The second kappa shape index (κ2) is 5.26. The van der Waals surface area contributed by atoms with Gasteiger partial charge in [0.1, 0.15) is 0 Å². The molecule has 2 aromatic rings. The van der Waals surface area contributed by atoms with Crippen LogP contribution >= 0.6 is 15.9 Å². The normalized spacial score (nSPS) is 23.2. The molecule has 21 heavy (non-hydrogen) atoms. The van der Waals surface area contributed by atoms with E-state index in [9.17, 15) is 0 Å². The van der Waals surface area contributed by atoms with Crippen molar-refractivity contribution in [3.05, 3.63) is 69.7 Å². The Kier molecular flexibility index (Phi) is 3.39. The number of fused-ring (bicyclic) bond motifs is 1. The Labute approximate surface area is 134 Å². The lowest BCUT2D eigenvalue weighted by atomic mass is 9.66. The largest absolute Gasteiger partial charge is 0.316 e. The molecule has 1 fully saturated rings. The van der Waals surface area contributed by atoms with Crippen LogP contribution in [0.4, 0.5) is 0 Å². The molecular formula is C19H20BrN. The monoisotopic (exact) mass is 341 g/mol. The van der Waals surface area contributed by atoms with E-state index in [1.807, 2.05) is 0 Å². The minimum Gasteiger partial charge on any atom is -0.316 e. The highest BCUT2D eigenvalue weighted by Gasteiger charge is 2.45. The molecule has 1 nitrogen and oxygen atoms in total. The van der Waals surface area contributed by atoms with Crippen LogP contribution in [0, 0.1) is 5.41 Å². The van der Waals surface area contributed by atoms with Gasteiger partial charge in [0, 0.05) is 16.9 Å². The van der Waals surface area contributed by atoms with Crippen LogP contribution < -0.4 is 5.32 Å². The van der Waals surface area contributed by atoms with Crippen molar-refractivity contribution < 1.29 is 0 Å². The summed E-state index contributed by atoms with van der Waals surface area (Å²) in [6.07, 6.45) is 3.76. The second-order valence-corrected chi connectivity index (χ2v) is 7.46. The first kappa shape index (κ1) is 13.5. The Morgan fingerprint density at radius 3 is 2.29 bits per heavy atom. The van der Waals surface area contributed by atoms with E-state index in [2.05, 4.69) is 69.8 Å². The Morgan fingerprint density at radius 2 is 1.62 bits per heavy atom. The molecule has 1 spiro atoms. The zero-order valence-corrected chi connectivity index (χ0v) is 13.7. The highest BCUT2D eigenvalue weighted by atomic mass is 79.9. The molecule has 2 aromatic carbocycles. The molecule has 1 heterocycles. The van der Waals surface area contributed by atoms with Crippen LogP contribution in [0.3, 0.4) is 0 Å². The van der Waals surface area contributed by atoms with Crippen molar-refractivity contribution >= 4 is 15.9 Å². The zero-order chi connectivity index (χ0) is 14.3. The standard InChI is InChI=1S/C19H20BrN/c20-17-7-5-14(6-8-17)18-13-21-10-9-19(18)11-15-3-1-2-4-16(15)12-19/h1-8,18,21H,9-13H2. The number of halogens is 1. The summed E-state index contributed by atoms with van der Waals surface area (Å²) in [5, 5.41) is 3.61. The van der Waals surface area contributed by atoms with Gasteiger partial charge in [-0.25, -0.2) is 0 Å². The summed E-state index contributed by atoms with van der Waals surface area (Å²) in [6.45, 7) is 2.26. The Bertz CT molecular complexity index is 622. The first-order valence-corrected chi connectivity index (χ1v) is 8.59. The van der Waals surface area contributed by atoms with Crippen molar-refractivity contribution in [3.8, 4) is 0 Å². The van der Waals surface area contributed by atoms with Gasteiger partial charge in [-0.3, -0.25) is 0 Å². The summed E-state index contributed by atoms with van der Waals surface area (Å²) in [6, 6.07) is 18.0. The third-order valence-corrected chi connectivity index (χ3v) is 5.89. The molecule has 1 saturated heterocycles. The van der Waals surface area contributed by atoms with E-state index in [-0.39, 0.29) is 0 Å². The Morgan fingerprint density at radius 1 is 0.952 bits per heavy atom.